The first kappa shape index (κ1) is 9.41. The van der Waals surface area contributed by atoms with Crippen LogP contribution in [0.1, 0.15) is 38.5 Å². The van der Waals surface area contributed by atoms with E-state index in [9.17, 15) is 4.79 Å². The van der Waals surface area contributed by atoms with Gasteiger partial charge in [-0.05, 0) is 84.9 Å². The fraction of sp³-hybridized carbons (Fsp3) is 0.941. The molecule has 7 fully saturated rings. The second-order valence-electron chi connectivity index (χ2n) is 9.04. The lowest BCUT2D eigenvalue weighted by Crippen LogP contribution is -2.70. The van der Waals surface area contributed by atoms with Crippen molar-refractivity contribution in [3.8, 4) is 0 Å². The number of hydrogen-bond acceptors (Lipinski definition) is 2. The van der Waals surface area contributed by atoms with Gasteiger partial charge in [0.05, 0.1) is 12.0 Å². The number of ether oxygens (including phenoxy) is 1. The smallest absolute Gasteiger partial charge is 0.312 e. The number of cyclic esters (lactones) is 1. The minimum absolute atomic E-state index is 0.00430. The second-order valence-corrected chi connectivity index (χ2v) is 9.04. The summed E-state index contributed by atoms with van der Waals surface area (Å²) in [5.74, 6) is 6.00. The largest absolute Gasteiger partial charge is 0.465 e. The zero-order valence-corrected chi connectivity index (χ0v) is 11.2. The second kappa shape index (κ2) is 2.19. The molecular formula is C17H20O2. The molecule has 1 spiro atoms. The maximum Gasteiger partial charge on any atom is 0.312 e. The van der Waals surface area contributed by atoms with Gasteiger partial charge in [-0.1, -0.05) is 0 Å². The molecule has 2 nitrogen and oxygen atoms in total. The molecule has 0 amide bonds. The topological polar surface area (TPSA) is 26.3 Å². The molecule has 19 heavy (non-hydrogen) atoms. The number of esters is 1. The molecule has 0 aromatic heterocycles. The van der Waals surface area contributed by atoms with Crippen LogP contribution in [0.4, 0.5) is 0 Å². The lowest BCUT2D eigenvalue weighted by Gasteiger charge is -2.74. The van der Waals surface area contributed by atoms with Crippen molar-refractivity contribution in [1.29, 1.82) is 0 Å². The highest BCUT2D eigenvalue weighted by Crippen LogP contribution is 3.02. The first-order valence-electron chi connectivity index (χ1n) is 8.41. The molecule has 0 radical (unpaired) electrons. The predicted molar refractivity (Wildman–Crippen MR) is 66.9 cm³/mol. The SMILES string of the molecule is O=C1OCCC12CC1CC2C2C1C1C2C23CCC12C3. The Balaban J connectivity index is 1.34. The van der Waals surface area contributed by atoms with Crippen LogP contribution in [0.15, 0.2) is 0 Å². The summed E-state index contributed by atoms with van der Waals surface area (Å²) in [6.45, 7) is 0.711. The highest BCUT2D eigenvalue weighted by molar-refractivity contribution is 5.80. The van der Waals surface area contributed by atoms with Crippen LogP contribution in [0.3, 0.4) is 0 Å². The van der Waals surface area contributed by atoms with Crippen LogP contribution in [0, 0.1) is 51.8 Å². The molecule has 2 bridgehead atoms. The molecule has 100 valence electrons. The third kappa shape index (κ3) is 0.600. The number of carbonyl (C=O) groups is 1. The predicted octanol–water partition coefficient (Wildman–Crippen LogP) is 2.62. The monoisotopic (exact) mass is 256 g/mol. The molecule has 9 unspecified atom stereocenters. The minimum Gasteiger partial charge on any atom is -0.465 e. The van der Waals surface area contributed by atoms with E-state index in [4.69, 9.17) is 4.74 Å². The highest BCUT2D eigenvalue weighted by atomic mass is 16.5. The highest BCUT2D eigenvalue weighted by Gasteiger charge is 2.96. The lowest BCUT2D eigenvalue weighted by atomic mass is 9.30. The maximum absolute atomic E-state index is 12.3. The van der Waals surface area contributed by atoms with Crippen LogP contribution in [0.5, 0.6) is 0 Å². The Bertz CT molecular complexity index is 564. The summed E-state index contributed by atoms with van der Waals surface area (Å²) < 4.78 is 5.39. The van der Waals surface area contributed by atoms with Gasteiger partial charge >= 0.3 is 5.97 Å². The maximum atomic E-state index is 12.3. The summed E-state index contributed by atoms with van der Waals surface area (Å²) in [5, 5.41) is 0. The molecule has 9 atom stereocenters. The lowest BCUT2D eigenvalue weighted by molar-refractivity contribution is -0.274. The Morgan fingerprint density at radius 2 is 1.84 bits per heavy atom. The van der Waals surface area contributed by atoms with Gasteiger partial charge in [-0.15, -0.1) is 0 Å². The van der Waals surface area contributed by atoms with E-state index in [0.717, 1.165) is 52.8 Å². The van der Waals surface area contributed by atoms with Gasteiger partial charge in [-0.3, -0.25) is 4.79 Å². The number of fused-ring (bicyclic) bond motifs is 9. The average molecular weight is 256 g/mol. The summed E-state index contributed by atoms with van der Waals surface area (Å²) >= 11 is 0. The molecule has 0 aromatic rings. The van der Waals surface area contributed by atoms with Crippen LogP contribution in [0.2, 0.25) is 0 Å². The van der Waals surface area contributed by atoms with Crippen LogP contribution >= 0.6 is 0 Å². The first-order valence-corrected chi connectivity index (χ1v) is 8.41. The molecule has 0 N–H and O–H groups in total. The summed E-state index contributed by atoms with van der Waals surface area (Å²) in [4.78, 5) is 12.3. The molecule has 1 aliphatic heterocycles. The molecule has 6 saturated carbocycles. The van der Waals surface area contributed by atoms with E-state index < -0.39 is 0 Å². The van der Waals surface area contributed by atoms with Crippen molar-refractivity contribution >= 4 is 5.97 Å². The normalized spacial score (nSPS) is 76.1. The molecule has 1 saturated heterocycles. The van der Waals surface area contributed by atoms with E-state index in [2.05, 4.69) is 0 Å². The van der Waals surface area contributed by atoms with Crippen LogP contribution in [-0.2, 0) is 9.53 Å². The third-order valence-corrected chi connectivity index (χ3v) is 9.54. The van der Waals surface area contributed by atoms with E-state index in [1.807, 2.05) is 0 Å². The van der Waals surface area contributed by atoms with Crippen molar-refractivity contribution in [2.45, 2.75) is 38.5 Å². The van der Waals surface area contributed by atoms with Gasteiger partial charge in [0.25, 0.3) is 0 Å². The van der Waals surface area contributed by atoms with E-state index in [1.54, 1.807) is 12.8 Å². The van der Waals surface area contributed by atoms with Crippen molar-refractivity contribution < 1.29 is 9.53 Å². The number of hydrogen-bond donors (Lipinski definition) is 0. The molecule has 6 aliphatic carbocycles. The third-order valence-electron chi connectivity index (χ3n) is 9.54. The summed E-state index contributed by atoms with van der Waals surface area (Å²) in [5.41, 5.74) is 1.73. The van der Waals surface area contributed by atoms with Crippen molar-refractivity contribution in [2.75, 3.05) is 6.61 Å². The fourth-order valence-corrected chi connectivity index (χ4v) is 9.13. The summed E-state index contributed by atoms with van der Waals surface area (Å²) in [7, 11) is 0. The number of carbonyl (C=O) groups excluding carboxylic acids is 1. The van der Waals surface area contributed by atoms with Gasteiger partial charge in [0.15, 0.2) is 0 Å². The molecular weight excluding hydrogens is 236 g/mol. The van der Waals surface area contributed by atoms with Crippen molar-refractivity contribution in [3.05, 3.63) is 0 Å². The van der Waals surface area contributed by atoms with Crippen molar-refractivity contribution in [1.82, 2.24) is 0 Å². The Hall–Kier alpha value is -0.530. The van der Waals surface area contributed by atoms with E-state index in [-0.39, 0.29) is 11.4 Å². The standard InChI is InChI=1S/C17H20O2/c18-14-15(3-4-19-14)6-8-5-9(15)11-10(8)12-13(11)17-2-1-16(12,17)7-17/h8-13H,1-7H2. The fourth-order valence-electron chi connectivity index (χ4n) is 9.13. The summed E-state index contributed by atoms with van der Waals surface area (Å²) in [6.07, 6.45) is 8.30. The molecule has 7 rings (SSSR count). The average Bonchev–Trinajstić information content (AvgIpc) is 2.87. The van der Waals surface area contributed by atoms with E-state index in [0.29, 0.717) is 6.61 Å². The Morgan fingerprint density at radius 1 is 1.05 bits per heavy atom. The Labute approximate surface area is 113 Å². The first-order chi connectivity index (χ1) is 9.24. The molecule has 7 aliphatic rings. The van der Waals surface area contributed by atoms with Gasteiger partial charge in [-0.25, -0.2) is 0 Å². The number of rotatable bonds is 0. The zero-order valence-electron chi connectivity index (χ0n) is 11.2. The van der Waals surface area contributed by atoms with E-state index in [1.165, 1.54) is 19.3 Å². The van der Waals surface area contributed by atoms with Crippen molar-refractivity contribution in [3.63, 3.8) is 0 Å². The van der Waals surface area contributed by atoms with Gasteiger partial charge < -0.3 is 4.74 Å². The zero-order chi connectivity index (χ0) is 12.2. The Kier molecular flexibility index (Phi) is 1.09. The quantitative estimate of drug-likeness (QED) is 0.623. The van der Waals surface area contributed by atoms with Gasteiger partial charge in [0.1, 0.15) is 0 Å². The minimum atomic E-state index is 0.00430. The molecule has 1 heterocycles. The van der Waals surface area contributed by atoms with Gasteiger partial charge in [-0.2, -0.15) is 0 Å². The van der Waals surface area contributed by atoms with Crippen LogP contribution < -0.4 is 0 Å². The van der Waals surface area contributed by atoms with E-state index >= 15 is 0 Å². The van der Waals surface area contributed by atoms with Crippen molar-refractivity contribution in [2.24, 2.45) is 51.8 Å². The van der Waals surface area contributed by atoms with Crippen LogP contribution in [0.25, 0.3) is 0 Å². The van der Waals surface area contributed by atoms with Gasteiger partial charge in [0.2, 0.25) is 0 Å². The van der Waals surface area contributed by atoms with Gasteiger partial charge in [0, 0.05) is 0 Å². The molecule has 2 heteroatoms. The summed E-state index contributed by atoms with van der Waals surface area (Å²) in [6, 6.07) is 0. The van der Waals surface area contributed by atoms with Crippen LogP contribution in [-0.4, -0.2) is 12.6 Å². The Morgan fingerprint density at radius 3 is 2.53 bits per heavy atom. The molecule has 0 aromatic carbocycles.